The average Bonchev–Trinajstić information content (AvgIpc) is 2.83. The summed E-state index contributed by atoms with van der Waals surface area (Å²) in [5.41, 5.74) is 0. The molecule has 112 valence electrons. The fourth-order valence-electron chi connectivity index (χ4n) is 2.17. The number of rotatable bonds is 8. The maximum atomic E-state index is 12.0. The predicted octanol–water partition coefficient (Wildman–Crippen LogP) is 3.18. The van der Waals surface area contributed by atoms with Gasteiger partial charge in [-0.3, -0.25) is 9.59 Å². The van der Waals surface area contributed by atoms with E-state index in [-0.39, 0.29) is 18.2 Å². The van der Waals surface area contributed by atoms with Crippen molar-refractivity contribution in [1.29, 1.82) is 0 Å². The summed E-state index contributed by atoms with van der Waals surface area (Å²) >= 11 is 1.49. The van der Waals surface area contributed by atoms with Gasteiger partial charge < -0.3 is 10.4 Å². The zero-order valence-corrected chi connectivity index (χ0v) is 13.1. The highest BCUT2D eigenvalue weighted by molar-refractivity contribution is 7.14. The molecule has 0 radical (unpaired) electrons. The molecule has 1 aromatic heterocycles. The molecule has 5 heteroatoms. The number of aliphatic carboxylic acids is 1. The summed E-state index contributed by atoms with van der Waals surface area (Å²) in [6.45, 7) is 6.59. The number of nitrogens with one attached hydrogen (secondary N) is 1. The quantitative estimate of drug-likeness (QED) is 0.774. The lowest BCUT2D eigenvalue weighted by molar-refractivity contribution is -0.138. The lowest BCUT2D eigenvalue weighted by Crippen LogP contribution is -2.30. The SMILES string of the molecule is CCc1ccc(C(=O)NC[C@H](CC(=O)O)CC(C)C)s1. The van der Waals surface area contributed by atoms with Crippen LogP contribution in [0.3, 0.4) is 0 Å². The standard InChI is InChI=1S/C15H23NO3S/c1-4-12-5-6-13(20-12)15(19)16-9-11(7-10(2)3)8-14(17)18/h5-6,10-11H,4,7-9H2,1-3H3,(H,16,19)(H,17,18)/t11-/m0/s1. The van der Waals surface area contributed by atoms with Crippen LogP contribution in [0, 0.1) is 11.8 Å². The summed E-state index contributed by atoms with van der Waals surface area (Å²) < 4.78 is 0. The Balaban J connectivity index is 2.52. The number of carbonyl (C=O) groups excluding carboxylic acids is 1. The fourth-order valence-corrected chi connectivity index (χ4v) is 3.03. The van der Waals surface area contributed by atoms with Crippen LogP contribution >= 0.6 is 11.3 Å². The van der Waals surface area contributed by atoms with Crippen LogP contribution in [-0.2, 0) is 11.2 Å². The van der Waals surface area contributed by atoms with E-state index in [1.807, 2.05) is 12.1 Å². The summed E-state index contributed by atoms with van der Waals surface area (Å²) in [5, 5.41) is 11.8. The van der Waals surface area contributed by atoms with Gasteiger partial charge in [0.25, 0.3) is 5.91 Å². The van der Waals surface area contributed by atoms with E-state index in [9.17, 15) is 9.59 Å². The minimum atomic E-state index is -0.811. The summed E-state index contributed by atoms with van der Waals surface area (Å²) in [4.78, 5) is 24.7. The van der Waals surface area contributed by atoms with Gasteiger partial charge in [-0.25, -0.2) is 0 Å². The van der Waals surface area contributed by atoms with Crippen LogP contribution < -0.4 is 5.32 Å². The van der Waals surface area contributed by atoms with Gasteiger partial charge in [-0.1, -0.05) is 20.8 Å². The van der Waals surface area contributed by atoms with Crippen molar-refractivity contribution in [2.24, 2.45) is 11.8 Å². The van der Waals surface area contributed by atoms with E-state index in [2.05, 4.69) is 26.1 Å². The molecule has 0 fully saturated rings. The average molecular weight is 297 g/mol. The minimum Gasteiger partial charge on any atom is -0.481 e. The van der Waals surface area contributed by atoms with Crippen LogP contribution in [0.5, 0.6) is 0 Å². The normalized spacial score (nSPS) is 12.4. The first-order valence-corrected chi connectivity index (χ1v) is 7.82. The Hall–Kier alpha value is -1.36. The van der Waals surface area contributed by atoms with Gasteiger partial charge in [0.05, 0.1) is 4.88 Å². The first kappa shape index (κ1) is 16.7. The maximum Gasteiger partial charge on any atom is 0.303 e. The third-order valence-electron chi connectivity index (χ3n) is 3.05. The summed E-state index contributed by atoms with van der Waals surface area (Å²) in [7, 11) is 0. The van der Waals surface area contributed by atoms with E-state index in [0.717, 1.165) is 12.8 Å². The van der Waals surface area contributed by atoms with E-state index in [0.29, 0.717) is 17.3 Å². The van der Waals surface area contributed by atoms with Crippen molar-refractivity contribution in [1.82, 2.24) is 5.32 Å². The summed E-state index contributed by atoms with van der Waals surface area (Å²) in [6.07, 6.45) is 1.83. The number of hydrogen-bond acceptors (Lipinski definition) is 3. The lowest BCUT2D eigenvalue weighted by Gasteiger charge is -2.17. The van der Waals surface area contributed by atoms with Crippen molar-refractivity contribution in [3.63, 3.8) is 0 Å². The van der Waals surface area contributed by atoms with Crippen LogP contribution in [0.25, 0.3) is 0 Å². The largest absolute Gasteiger partial charge is 0.481 e. The molecular formula is C15H23NO3S. The zero-order chi connectivity index (χ0) is 15.1. The van der Waals surface area contributed by atoms with E-state index >= 15 is 0 Å². The minimum absolute atomic E-state index is 0.0120. The molecule has 1 aromatic rings. The highest BCUT2D eigenvalue weighted by atomic mass is 32.1. The van der Waals surface area contributed by atoms with Crippen LogP contribution in [0.15, 0.2) is 12.1 Å². The molecule has 20 heavy (non-hydrogen) atoms. The highest BCUT2D eigenvalue weighted by Crippen LogP contribution is 2.18. The number of thiophene rings is 1. The molecule has 2 N–H and O–H groups in total. The highest BCUT2D eigenvalue weighted by Gasteiger charge is 2.17. The molecule has 4 nitrogen and oxygen atoms in total. The third-order valence-corrected chi connectivity index (χ3v) is 4.28. The second-order valence-electron chi connectivity index (χ2n) is 5.42. The second-order valence-corrected chi connectivity index (χ2v) is 6.59. The van der Waals surface area contributed by atoms with Crippen molar-refractivity contribution in [3.05, 3.63) is 21.9 Å². The van der Waals surface area contributed by atoms with E-state index < -0.39 is 5.97 Å². The smallest absolute Gasteiger partial charge is 0.303 e. The van der Waals surface area contributed by atoms with Crippen molar-refractivity contribution < 1.29 is 14.7 Å². The van der Waals surface area contributed by atoms with Crippen molar-refractivity contribution in [3.8, 4) is 0 Å². The summed E-state index contributed by atoms with van der Waals surface area (Å²) in [5.74, 6) is -0.505. The molecule has 1 rings (SSSR count). The van der Waals surface area contributed by atoms with E-state index in [1.54, 1.807) is 0 Å². The first-order valence-electron chi connectivity index (χ1n) is 7.01. The molecule has 0 saturated carbocycles. The van der Waals surface area contributed by atoms with Crippen molar-refractivity contribution in [2.75, 3.05) is 6.54 Å². The zero-order valence-electron chi connectivity index (χ0n) is 12.3. The van der Waals surface area contributed by atoms with E-state index in [1.165, 1.54) is 16.2 Å². The van der Waals surface area contributed by atoms with Gasteiger partial charge in [0.15, 0.2) is 0 Å². The molecule has 1 heterocycles. The number of carboxylic acid groups (broad SMARTS) is 1. The molecule has 1 atom stereocenters. The Morgan fingerprint density at radius 1 is 1.35 bits per heavy atom. The topological polar surface area (TPSA) is 66.4 Å². The lowest BCUT2D eigenvalue weighted by atomic mass is 9.94. The molecule has 0 aliphatic carbocycles. The van der Waals surface area contributed by atoms with Gasteiger partial charge in [0.2, 0.25) is 0 Å². The molecule has 0 aliphatic rings. The Morgan fingerprint density at radius 3 is 2.55 bits per heavy atom. The van der Waals surface area contributed by atoms with Crippen LogP contribution in [0.2, 0.25) is 0 Å². The van der Waals surface area contributed by atoms with Crippen molar-refractivity contribution >= 4 is 23.2 Å². The number of carboxylic acids is 1. The number of amides is 1. The Kier molecular flexibility index (Phi) is 6.71. The van der Waals surface area contributed by atoms with Crippen LogP contribution in [0.1, 0.15) is 48.2 Å². The Bertz CT molecular complexity index is 454. The van der Waals surface area contributed by atoms with Gasteiger partial charge in [0, 0.05) is 17.8 Å². The van der Waals surface area contributed by atoms with Crippen LogP contribution in [0.4, 0.5) is 0 Å². The fraction of sp³-hybridized carbons (Fsp3) is 0.600. The van der Waals surface area contributed by atoms with Crippen LogP contribution in [-0.4, -0.2) is 23.5 Å². The second kappa shape index (κ2) is 8.04. The maximum absolute atomic E-state index is 12.0. The number of hydrogen-bond donors (Lipinski definition) is 2. The van der Waals surface area contributed by atoms with Gasteiger partial charge in [0.1, 0.15) is 0 Å². The molecular weight excluding hydrogens is 274 g/mol. The molecule has 0 saturated heterocycles. The first-order chi connectivity index (χ1) is 9.42. The van der Waals surface area contributed by atoms with Crippen molar-refractivity contribution in [2.45, 2.75) is 40.0 Å². The monoisotopic (exact) mass is 297 g/mol. The molecule has 0 aliphatic heterocycles. The third kappa shape index (κ3) is 5.74. The Morgan fingerprint density at radius 2 is 2.05 bits per heavy atom. The van der Waals surface area contributed by atoms with Gasteiger partial charge >= 0.3 is 5.97 Å². The van der Waals surface area contributed by atoms with E-state index in [4.69, 9.17) is 5.11 Å². The number of aryl methyl sites for hydroxylation is 1. The predicted molar refractivity (Wildman–Crippen MR) is 81.2 cm³/mol. The van der Waals surface area contributed by atoms with Gasteiger partial charge in [-0.2, -0.15) is 0 Å². The molecule has 0 unspecified atom stereocenters. The molecule has 1 amide bonds. The van der Waals surface area contributed by atoms with Gasteiger partial charge in [-0.15, -0.1) is 11.3 Å². The summed E-state index contributed by atoms with van der Waals surface area (Å²) in [6, 6.07) is 3.79. The van der Waals surface area contributed by atoms with Gasteiger partial charge in [-0.05, 0) is 36.8 Å². The molecule has 0 aromatic carbocycles. The Labute approximate surface area is 124 Å². The molecule has 0 bridgehead atoms. The molecule has 0 spiro atoms. The number of carbonyl (C=O) groups is 2.